The molecule has 0 aromatic heterocycles. The lowest BCUT2D eigenvalue weighted by Gasteiger charge is -2.16. The minimum Gasteiger partial charge on any atom is -0.459 e. The first-order valence-corrected chi connectivity index (χ1v) is 9.97. The molecule has 132 valence electrons. The molecule has 24 heavy (non-hydrogen) atoms. The molecular formula is C16H22IN3O4. The van der Waals surface area contributed by atoms with Gasteiger partial charge in [-0.05, 0) is 44.4 Å². The minimum absolute atomic E-state index is 0.139. The molecule has 1 rings (SSSR count). The minimum atomic E-state index is -0.858. The molecule has 0 spiro atoms. The third-order valence-corrected chi connectivity index (χ3v) is 4.11. The van der Waals surface area contributed by atoms with E-state index in [-0.39, 0.29) is 25.4 Å². The van der Waals surface area contributed by atoms with Gasteiger partial charge in [-0.3, -0.25) is 9.59 Å². The highest BCUT2D eigenvalue weighted by atomic mass is 127. The quantitative estimate of drug-likeness (QED) is 0.295. The van der Waals surface area contributed by atoms with Crippen LogP contribution < -0.4 is 14.6 Å². The number of benzene rings is 1. The standard InChI is InChI=1S/C16H22IN3O4/c1-11(16(23)24-10-12-6-4-3-5-7-12)19-15(22)13(18)8-9-14(21)20-17-2/h3-7,11,13H,2,8-10,18H2,1H3,(H,19,22)(H,20,21)/t11-,13-/m0/s1. The first-order chi connectivity index (χ1) is 11.4. The lowest BCUT2D eigenvalue weighted by atomic mass is 10.1. The summed E-state index contributed by atoms with van der Waals surface area (Å²) in [5, 5.41) is 2.50. The Kier molecular flexibility index (Phi) is 9.16. The second-order valence-electron chi connectivity index (χ2n) is 5.12. The number of rotatable bonds is 9. The number of amides is 2. The maximum absolute atomic E-state index is 11.9. The van der Waals surface area contributed by atoms with Gasteiger partial charge in [0.25, 0.3) is 0 Å². The van der Waals surface area contributed by atoms with Crippen LogP contribution in [-0.2, 0) is 25.7 Å². The summed E-state index contributed by atoms with van der Waals surface area (Å²) in [7, 11) is 0. The summed E-state index contributed by atoms with van der Waals surface area (Å²) in [6.07, 6.45) is 0.351. The average Bonchev–Trinajstić information content (AvgIpc) is 2.58. The van der Waals surface area contributed by atoms with Gasteiger partial charge in [0.05, 0.1) is 6.04 Å². The first kappa shape index (κ1) is 20.2. The monoisotopic (exact) mass is 447 g/mol. The van der Waals surface area contributed by atoms with Crippen LogP contribution in [-0.4, -0.2) is 34.4 Å². The highest BCUT2D eigenvalue weighted by molar-refractivity contribution is 14.2. The van der Waals surface area contributed by atoms with Crippen molar-refractivity contribution in [2.75, 3.05) is 0 Å². The summed E-state index contributed by atoms with van der Waals surface area (Å²) in [5.74, 6) is -1.20. The van der Waals surface area contributed by atoms with Crippen molar-refractivity contribution in [2.45, 2.75) is 38.5 Å². The van der Waals surface area contributed by atoms with Gasteiger partial charge >= 0.3 is 5.97 Å². The van der Waals surface area contributed by atoms with E-state index in [0.717, 1.165) is 5.56 Å². The summed E-state index contributed by atoms with van der Waals surface area (Å²) in [4.78, 5) is 35.1. The molecule has 0 aliphatic heterocycles. The van der Waals surface area contributed by atoms with Gasteiger partial charge in [-0.15, -0.1) is 0 Å². The number of hydrogen-bond acceptors (Lipinski definition) is 5. The van der Waals surface area contributed by atoms with E-state index in [2.05, 4.69) is 13.4 Å². The summed E-state index contributed by atoms with van der Waals surface area (Å²) in [6, 6.07) is 7.57. The number of nitrogens with one attached hydrogen (secondary N) is 2. The molecule has 1 aromatic carbocycles. The number of ether oxygens (including phenoxy) is 1. The van der Waals surface area contributed by atoms with Gasteiger partial charge < -0.3 is 19.3 Å². The van der Waals surface area contributed by atoms with Crippen LogP contribution in [0.4, 0.5) is 0 Å². The Morgan fingerprint density at radius 1 is 1.29 bits per heavy atom. The molecule has 0 bridgehead atoms. The van der Waals surface area contributed by atoms with E-state index in [1.807, 2.05) is 30.3 Å². The molecule has 4 N–H and O–H groups in total. The Morgan fingerprint density at radius 3 is 2.58 bits per heavy atom. The van der Waals surface area contributed by atoms with Crippen molar-refractivity contribution in [2.24, 2.45) is 5.73 Å². The fraction of sp³-hybridized carbons (Fsp3) is 0.375. The Balaban J connectivity index is 2.35. The molecule has 0 saturated heterocycles. The Labute approximate surface area is 151 Å². The van der Waals surface area contributed by atoms with Crippen LogP contribution in [0.15, 0.2) is 30.3 Å². The highest BCUT2D eigenvalue weighted by Crippen LogP contribution is 2.03. The lowest BCUT2D eigenvalue weighted by Crippen LogP contribution is -2.47. The van der Waals surface area contributed by atoms with Crippen LogP contribution in [0, 0.1) is 0 Å². The van der Waals surface area contributed by atoms with E-state index in [4.69, 9.17) is 10.5 Å². The van der Waals surface area contributed by atoms with Crippen LogP contribution in [0.3, 0.4) is 0 Å². The molecule has 0 aliphatic carbocycles. The number of esters is 1. The van der Waals surface area contributed by atoms with E-state index in [9.17, 15) is 14.4 Å². The summed E-state index contributed by atoms with van der Waals surface area (Å²) in [5.41, 5.74) is 6.59. The summed E-state index contributed by atoms with van der Waals surface area (Å²) in [6.45, 7) is 1.66. The first-order valence-electron chi connectivity index (χ1n) is 7.36. The smallest absolute Gasteiger partial charge is 0.328 e. The highest BCUT2D eigenvalue weighted by Gasteiger charge is 2.21. The predicted molar refractivity (Wildman–Crippen MR) is 100 cm³/mol. The predicted octanol–water partition coefficient (Wildman–Crippen LogP) is 0.776. The number of carbonyl (C=O) groups is 3. The molecule has 0 radical (unpaired) electrons. The fourth-order valence-corrected chi connectivity index (χ4v) is 2.47. The zero-order chi connectivity index (χ0) is 17.9. The topological polar surface area (TPSA) is 111 Å². The molecule has 0 aliphatic rings. The third-order valence-electron chi connectivity index (χ3n) is 3.13. The SMILES string of the molecule is C=INC(=O)CC[C@H](N)C(=O)N[C@@H](C)C(=O)OCc1ccccc1. The van der Waals surface area contributed by atoms with Crippen LogP contribution >= 0.6 is 21.0 Å². The normalized spacial score (nSPS) is 12.8. The zero-order valence-electron chi connectivity index (χ0n) is 13.5. The molecule has 2 amide bonds. The van der Waals surface area contributed by atoms with E-state index >= 15 is 0 Å². The van der Waals surface area contributed by atoms with Crippen LogP contribution in [0.25, 0.3) is 0 Å². The molecule has 2 atom stereocenters. The van der Waals surface area contributed by atoms with Crippen molar-refractivity contribution >= 4 is 43.3 Å². The Hall–Kier alpha value is -1.81. The van der Waals surface area contributed by atoms with Crippen LogP contribution in [0.2, 0.25) is 0 Å². The Morgan fingerprint density at radius 2 is 1.96 bits per heavy atom. The zero-order valence-corrected chi connectivity index (χ0v) is 15.6. The molecule has 0 saturated carbocycles. The second-order valence-corrected chi connectivity index (χ2v) is 6.42. The number of halogens is 1. The van der Waals surface area contributed by atoms with Crippen molar-refractivity contribution in [1.29, 1.82) is 0 Å². The number of nitrogens with two attached hydrogens (primary N) is 1. The Bertz CT molecular complexity index is 580. The van der Waals surface area contributed by atoms with E-state index < -0.39 is 45.0 Å². The number of carbonyl (C=O) groups excluding carboxylic acids is 3. The van der Waals surface area contributed by atoms with Crippen LogP contribution in [0.1, 0.15) is 25.3 Å². The van der Waals surface area contributed by atoms with Gasteiger partial charge in [0.15, 0.2) is 0 Å². The van der Waals surface area contributed by atoms with Crippen molar-refractivity contribution in [1.82, 2.24) is 8.85 Å². The van der Waals surface area contributed by atoms with Gasteiger partial charge in [-0.1, -0.05) is 30.3 Å². The lowest BCUT2D eigenvalue weighted by molar-refractivity contribution is -0.148. The third kappa shape index (κ3) is 7.64. The summed E-state index contributed by atoms with van der Waals surface area (Å²) >= 11 is -0.580. The van der Waals surface area contributed by atoms with Gasteiger partial charge in [0, 0.05) is 6.42 Å². The van der Waals surface area contributed by atoms with Gasteiger partial charge in [-0.2, -0.15) is 0 Å². The molecule has 0 heterocycles. The number of hydrogen-bond donors (Lipinski definition) is 3. The molecule has 8 heteroatoms. The molecule has 0 unspecified atom stereocenters. The van der Waals surface area contributed by atoms with E-state index in [1.165, 1.54) is 6.92 Å². The molecule has 1 aromatic rings. The van der Waals surface area contributed by atoms with Gasteiger partial charge in [0.1, 0.15) is 12.6 Å². The summed E-state index contributed by atoms with van der Waals surface area (Å²) < 4.78 is 11.4. The van der Waals surface area contributed by atoms with Crippen LogP contribution in [0.5, 0.6) is 0 Å². The van der Waals surface area contributed by atoms with Gasteiger partial charge in [0.2, 0.25) is 11.8 Å². The molecule has 7 nitrogen and oxygen atoms in total. The van der Waals surface area contributed by atoms with Gasteiger partial charge in [-0.25, -0.2) is 4.79 Å². The van der Waals surface area contributed by atoms with Crippen molar-refractivity contribution in [3.05, 3.63) is 35.9 Å². The maximum Gasteiger partial charge on any atom is 0.328 e. The van der Waals surface area contributed by atoms with Crippen molar-refractivity contribution in [3.8, 4) is 0 Å². The maximum atomic E-state index is 11.9. The fourth-order valence-electron chi connectivity index (χ4n) is 1.77. The van der Waals surface area contributed by atoms with E-state index in [0.29, 0.717) is 0 Å². The molecule has 0 fully saturated rings. The largest absolute Gasteiger partial charge is 0.459 e. The molecular weight excluding hydrogens is 425 g/mol. The average molecular weight is 447 g/mol. The van der Waals surface area contributed by atoms with Crippen molar-refractivity contribution in [3.63, 3.8) is 0 Å². The van der Waals surface area contributed by atoms with E-state index in [1.54, 1.807) is 0 Å². The van der Waals surface area contributed by atoms with Crippen molar-refractivity contribution < 1.29 is 19.1 Å². The second kappa shape index (κ2) is 10.9.